The fraction of sp³-hybridized carbons (Fsp3) is 0.100. The first kappa shape index (κ1) is 12.1. The maximum absolute atomic E-state index is 12.6. The Balaban J connectivity index is 2.57. The molecule has 0 bridgehead atoms. The van der Waals surface area contributed by atoms with Gasteiger partial charge in [0.2, 0.25) is 0 Å². The summed E-state index contributed by atoms with van der Waals surface area (Å²) in [4.78, 5) is 18.1. The zero-order chi connectivity index (χ0) is 13.3. The van der Waals surface area contributed by atoms with Crippen molar-refractivity contribution in [2.45, 2.75) is 6.18 Å². The van der Waals surface area contributed by atoms with E-state index in [1.54, 1.807) is 0 Å². The van der Waals surface area contributed by atoms with E-state index in [2.05, 4.69) is 9.97 Å². The Labute approximate surface area is 98.5 Å². The lowest BCUT2D eigenvalue weighted by Crippen LogP contribution is -2.09. The molecule has 0 aliphatic carbocycles. The van der Waals surface area contributed by atoms with Gasteiger partial charge in [-0.05, 0) is 6.07 Å². The predicted molar refractivity (Wildman–Crippen MR) is 53.3 cm³/mol. The number of aromatic carboxylic acids is 1. The van der Waals surface area contributed by atoms with E-state index in [4.69, 9.17) is 5.11 Å². The normalized spacial score (nSPS) is 11.5. The van der Waals surface area contributed by atoms with E-state index in [1.165, 1.54) is 12.3 Å². The number of nitrogens with zero attached hydrogens (tertiary/aromatic N) is 3. The number of hydrogen-bond donors (Lipinski definition) is 1. The van der Waals surface area contributed by atoms with Crippen LogP contribution in [0.2, 0.25) is 0 Å². The molecule has 0 aromatic carbocycles. The Kier molecular flexibility index (Phi) is 2.77. The van der Waals surface area contributed by atoms with Crippen LogP contribution in [-0.2, 0) is 6.18 Å². The van der Waals surface area contributed by atoms with E-state index in [0.29, 0.717) is 6.20 Å². The summed E-state index contributed by atoms with van der Waals surface area (Å²) < 4.78 is 38.9. The summed E-state index contributed by atoms with van der Waals surface area (Å²) in [5, 5.41) is 8.74. The highest BCUT2D eigenvalue weighted by atomic mass is 19.4. The van der Waals surface area contributed by atoms with Crippen molar-refractivity contribution in [3.63, 3.8) is 0 Å². The maximum Gasteiger partial charge on any atom is 0.418 e. The summed E-state index contributed by atoms with van der Waals surface area (Å²) in [5.41, 5.74) is -2.03. The van der Waals surface area contributed by atoms with E-state index in [-0.39, 0.29) is 5.82 Å². The number of carbonyl (C=O) groups is 1. The van der Waals surface area contributed by atoms with Crippen LogP contribution in [0.25, 0.3) is 5.82 Å². The van der Waals surface area contributed by atoms with Crippen molar-refractivity contribution >= 4 is 5.97 Å². The smallest absolute Gasteiger partial charge is 0.418 e. The van der Waals surface area contributed by atoms with Crippen molar-refractivity contribution in [1.29, 1.82) is 0 Å². The zero-order valence-corrected chi connectivity index (χ0v) is 8.72. The molecule has 0 fully saturated rings. The molecule has 0 atom stereocenters. The van der Waals surface area contributed by atoms with Crippen LogP contribution >= 0.6 is 0 Å². The number of alkyl halides is 3. The first-order chi connectivity index (χ1) is 8.39. The average Bonchev–Trinajstić information content (AvgIpc) is 2.74. The molecule has 5 nitrogen and oxygen atoms in total. The molecule has 0 amide bonds. The molecule has 0 radical (unpaired) electrons. The van der Waals surface area contributed by atoms with Crippen molar-refractivity contribution in [3.05, 3.63) is 42.1 Å². The topological polar surface area (TPSA) is 68.0 Å². The monoisotopic (exact) mass is 257 g/mol. The van der Waals surface area contributed by atoms with Gasteiger partial charge in [0.15, 0.2) is 0 Å². The van der Waals surface area contributed by atoms with Gasteiger partial charge in [0.25, 0.3) is 0 Å². The van der Waals surface area contributed by atoms with Crippen molar-refractivity contribution in [2.24, 2.45) is 0 Å². The van der Waals surface area contributed by atoms with Crippen LogP contribution in [0.15, 0.2) is 31.0 Å². The SMILES string of the molecule is O=C(O)c1cn(-c2ccncn2)cc1C(F)(F)F. The Morgan fingerprint density at radius 2 is 2.06 bits per heavy atom. The summed E-state index contributed by atoms with van der Waals surface area (Å²) in [7, 11) is 0. The van der Waals surface area contributed by atoms with E-state index in [0.717, 1.165) is 17.1 Å². The quantitative estimate of drug-likeness (QED) is 0.893. The molecular formula is C10H6F3N3O2. The van der Waals surface area contributed by atoms with Crippen LogP contribution in [0.1, 0.15) is 15.9 Å². The van der Waals surface area contributed by atoms with Gasteiger partial charge in [-0.2, -0.15) is 13.2 Å². The lowest BCUT2D eigenvalue weighted by atomic mass is 10.2. The third-order valence-corrected chi connectivity index (χ3v) is 2.19. The van der Waals surface area contributed by atoms with Crippen LogP contribution in [0, 0.1) is 0 Å². The predicted octanol–water partition coefficient (Wildman–Crippen LogP) is 1.98. The average molecular weight is 257 g/mol. The Morgan fingerprint density at radius 1 is 1.33 bits per heavy atom. The highest BCUT2D eigenvalue weighted by Gasteiger charge is 2.37. The summed E-state index contributed by atoms with van der Waals surface area (Å²) in [6, 6.07) is 1.37. The third-order valence-electron chi connectivity index (χ3n) is 2.19. The summed E-state index contributed by atoms with van der Waals surface area (Å²) in [6.07, 6.45) is -0.676. The molecule has 2 aromatic rings. The lowest BCUT2D eigenvalue weighted by molar-refractivity contribution is -0.138. The molecule has 94 valence electrons. The number of carboxylic acid groups (broad SMARTS) is 1. The van der Waals surface area contributed by atoms with Crippen LogP contribution in [0.3, 0.4) is 0 Å². The molecule has 0 aliphatic heterocycles. The second-order valence-corrected chi connectivity index (χ2v) is 3.36. The van der Waals surface area contributed by atoms with Gasteiger partial charge >= 0.3 is 12.1 Å². The minimum atomic E-state index is -4.73. The summed E-state index contributed by atoms with van der Waals surface area (Å²) in [6.45, 7) is 0. The number of rotatable bonds is 2. The van der Waals surface area contributed by atoms with E-state index in [9.17, 15) is 18.0 Å². The van der Waals surface area contributed by atoms with Gasteiger partial charge in [-0.15, -0.1) is 0 Å². The first-order valence-corrected chi connectivity index (χ1v) is 4.68. The van der Waals surface area contributed by atoms with Crippen LogP contribution in [-0.4, -0.2) is 25.6 Å². The number of aromatic nitrogens is 3. The molecule has 0 saturated heterocycles. The Bertz CT molecular complexity index is 578. The highest BCUT2D eigenvalue weighted by Crippen LogP contribution is 2.33. The van der Waals surface area contributed by atoms with Crippen molar-refractivity contribution in [3.8, 4) is 5.82 Å². The molecular weight excluding hydrogens is 251 g/mol. The van der Waals surface area contributed by atoms with Crippen LogP contribution < -0.4 is 0 Å². The molecule has 2 rings (SSSR count). The van der Waals surface area contributed by atoms with Gasteiger partial charge in [0.05, 0.1) is 11.1 Å². The van der Waals surface area contributed by atoms with Gasteiger partial charge < -0.3 is 9.67 Å². The molecule has 2 heterocycles. The standard InChI is InChI=1S/C10H6F3N3O2/c11-10(12,13)7-4-16(3-6(7)9(17)18)8-1-2-14-5-15-8/h1-5H,(H,17,18). The molecule has 8 heteroatoms. The second kappa shape index (κ2) is 4.13. The van der Waals surface area contributed by atoms with Gasteiger partial charge in [0.1, 0.15) is 12.1 Å². The third kappa shape index (κ3) is 2.17. The lowest BCUT2D eigenvalue weighted by Gasteiger charge is -2.04. The van der Waals surface area contributed by atoms with Crippen LogP contribution in [0.5, 0.6) is 0 Å². The minimum absolute atomic E-state index is 0.156. The summed E-state index contributed by atoms with van der Waals surface area (Å²) >= 11 is 0. The highest BCUT2D eigenvalue weighted by molar-refractivity contribution is 5.89. The van der Waals surface area contributed by atoms with Gasteiger partial charge in [-0.25, -0.2) is 14.8 Å². The van der Waals surface area contributed by atoms with Crippen molar-refractivity contribution in [1.82, 2.24) is 14.5 Å². The van der Waals surface area contributed by atoms with E-state index >= 15 is 0 Å². The maximum atomic E-state index is 12.6. The molecule has 0 spiro atoms. The van der Waals surface area contributed by atoms with E-state index < -0.39 is 23.3 Å². The van der Waals surface area contributed by atoms with Crippen LogP contribution in [0.4, 0.5) is 13.2 Å². The van der Waals surface area contributed by atoms with Gasteiger partial charge in [0, 0.05) is 18.6 Å². The Hall–Kier alpha value is -2.38. The number of carboxylic acids is 1. The first-order valence-electron chi connectivity index (χ1n) is 4.68. The number of halogens is 3. The number of hydrogen-bond acceptors (Lipinski definition) is 3. The summed E-state index contributed by atoms with van der Waals surface area (Å²) in [5.74, 6) is -1.49. The largest absolute Gasteiger partial charge is 0.478 e. The second-order valence-electron chi connectivity index (χ2n) is 3.36. The van der Waals surface area contributed by atoms with Crippen molar-refractivity contribution in [2.75, 3.05) is 0 Å². The molecule has 0 unspecified atom stereocenters. The fourth-order valence-electron chi connectivity index (χ4n) is 1.42. The minimum Gasteiger partial charge on any atom is -0.478 e. The molecule has 1 N–H and O–H groups in total. The fourth-order valence-corrected chi connectivity index (χ4v) is 1.42. The van der Waals surface area contributed by atoms with E-state index in [1.807, 2.05) is 0 Å². The Morgan fingerprint density at radius 3 is 2.50 bits per heavy atom. The zero-order valence-electron chi connectivity index (χ0n) is 8.72. The van der Waals surface area contributed by atoms with Gasteiger partial charge in [-0.3, -0.25) is 0 Å². The van der Waals surface area contributed by atoms with Gasteiger partial charge in [-0.1, -0.05) is 0 Å². The molecule has 0 saturated carbocycles. The molecule has 18 heavy (non-hydrogen) atoms. The molecule has 2 aromatic heterocycles. The molecule has 0 aliphatic rings. The van der Waals surface area contributed by atoms with Crippen molar-refractivity contribution < 1.29 is 23.1 Å².